The second-order valence-electron chi connectivity index (χ2n) is 5.95. The molecule has 2 rings (SSSR count). The zero-order valence-electron chi connectivity index (χ0n) is 13.7. The molecule has 1 aromatic carbocycles. The molecule has 25 heavy (non-hydrogen) atoms. The molecule has 0 aliphatic heterocycles. The molecular formula is C16H16BrCl2N2O3S+. The van der Waals surface area contributed by atoms with Gasteiger partial charge in [-0.1, -0.05) is 29.3 Å². The van der Waals surface area contributed by atoms with Crippen LogP contribution >= 0.6 is 49.6 Å². The number of carbonyl (C=O) groups is 2. The first-order valence-corrected chi connectivity index (χ1v) is 9.92. The summed E-state index contributed by atoms with van der Waals surface area (Å²) < 4.78 is 6.04. The quantitative estimate of drug-likeness (QED) is 0.380. The molecular weight excluding hydrogens is 451 g/mol. The Balaban J connectivity index is 2.18. The summed E-state index contributed by atoms with van der Waals surface area (Å²) in [5.74, 6) is 0. The van der Waals surface area contributed by atoms with E-state index in [0.29, 0.717) is 24.5 Å². The van der Waals surface area contributed by atoms with Gasteiger partial charge in [-0.05, 0) is 32.9 Å². The fourth-order valence-corrected chi connectivity index (χ4v) is 4.84. The number of hydrogen-bond acceptors (Lipinski definition) is 3. The zero-order chi connectivity index (χ0) is 18.8. The van der Waals surface area contributed by atoms with Crippen LogP contribution in [0.1, 0.15) is 20.8 Å². The van der Waals surface area contributed by atoms with Crippen molar-refractivity contribution in [3.8, 4) is 0 Å². The molecule has 0 bridgehead atoms. The SMILES string of the molecule is CC(C)(C)OC(=O)[s+]1c(Br)ccc1NC(=O)Nc1c(Cl)cccc1Cl. The lowest BCUT2D eigenvalue weighted by molar-refractivity contribution is 0.0730. The third-order valence-electron chi connectivity index (χ3n) is 2.77. The van der Waals surface area contributed by atoms with Crippen LogP contribution < -0.4 is 10.6 Å². The molecule has 2 amide bonds. The fourth-order valence-electron chi connectivity index (χ4n) is 1.81. The van der Waals surface area contributed by atoms with Crippen molar-refractivity contribution in [3.63, 3.8) is 0 Å². The zero-order valence-corrected chi connectivity index (χ0v) is 17.6. The van der Waals surface area contributed by atoms with Crippen LogP contribution in [-0.2, 0) is 4.74 Å². The van der Waals surface area contributed by atoms with Gasteiger partial charge in [0.25, 0.3) is 5.00 Å². The Bertz CT molecular complexity index is 798. The van der Waals surface area contributed by atoms with Crippen LogP contribution in [0.4, 0.5) is 20.3 Å². The third kappa shape index (κ3) is 5.34. The van der Waals surface area contributed by atoms with Crippen molar-refractivity contribution in [2.24, 2.45) is 0 Å². The number of rotatable bonds is 3. The monoisotopic (exact) mass is 465 g/mol. The van der Waals surface area contributed by atoms with Gasteiger partial charge in [-0.2, -0.15) is 4.79 Å². The number of halogens is 3. The molecule has 134 valence electrons. The van der Waals surface area contributed by atoms with Gasteiger partial charge < -0.3 is 10.1 Å². The van der Waals surface area contributed by atoms with Crippen molar-refractivity contribution < 1.29 is 14.3 Å². The number of para-hydroxylation sites is 1. The lowest BCUT2D eigenvalue weighted by atomic mass is 10.2. The highest BCUT2D eigenvalue weighted by molar-refractivity contribution is 9.11. The van der Waals surface area contributed by atoms with Crippen molar-refractivity contribution in [1.82, 2.24) is 0 Å². The van der Waals surface area contributed by atoms with E-state index in [-0.39, 0.29) is 0 Å². The van der Waals surface area contributed by atoms with Gasteiger partial charge in [0.15, 0.2) is 0 Å². The molecule has 1 unspecified atom stereocenters. The van der Waals surface area contributed by atoms with Crippen molar-refractivity contribution in [2.45, 2.75) is 26.4 Å². The standard InChI is InChI=1S/C16H15BrCl2N2O3S/c1-16(2,3)24-15(23)25-11(17)7-8-12(25)20-14(22)21-13-9(18)5-4-6-10(13)19/h4-8H,1-3H3,(H-,20,21,22)/p+1. The predicted molar refractivity (Wildman–Crippen MR) is 107 cm³/mol. The van der Waals surface area contributed by atoms with E-state index in [0.717, 1.165) is 0 Å². The molecule has 0 aliphatic carbocycles. The predicted octanol–water partition coefficient (Wildman–Crippen LogP) is 6.93. The minimum atomic E-state index is -1.05. The topological polar surface area (TPSA) is 67.4 Å². The first kappa shape index (κ1) is 20.0. The number of anilines is 2. The molecule has 9 heteroatoms. The smallest absolute Gasteiger partial charge is 0.416 e. The highest BCUT2D eigenvalue weighted by atomic mass is 79.9. The summed E-state index contributed by atoms with van der Waals surface area (Å²) in [6.07, 6.45) is 0. The van der Waals surface area contributed by atoms with Gasteiger partial charge in [0.2, 0.25) is 3.79 Å². The van der Waals surface area contributed by atoms with Gasteiger partial charge in [-0.15, -0.1) is 0 Å². The molecule has 0 spiro atoms. The summed E-state index contributed by atoms with van der Waals surface area (Å²) in [6, 6.07) is 7.69. The van der Waals surface area contributed by atoms with E-state index >= 15 is 0 Å². The van der Waals surface area contributed by atoms with Crippen molar-refractivity contribution in [1.29, 1.82) is 0 Å². The summed E-state index contributed by atoms with van der Waals surface area (Å²) in [5.41, 5.74) is -0.329. The highest BCUT2D eigenvalue weighted by Crippen LogP contribution is 2.42. The van der Waals surface area contributed by atoms with E-state index in [1.54, 1.807) is 51.1 Å². The Labute approximate surface area is 166 Å². The Morgan fingerprint density at radius 3 is 2.24 bits per heavy atom. The van der Waals surface area contributed by atoms with Gasteiger partial charge >= 0.3 is 11.3 Å². The normalized spacial score (nSPS) is 11.8. The summed E-state index contributed by atoms with van der Waals surface area (Å²) in [6.45, 7) is 5.35. The molecule has 0 saturated heterocycles. The number of amides is 2. The maximum Gasteiger partial charge on any atom is 0.558 e. The Hall–Kier alpha value is -1.28. The molecule has 2 N–H and O–H groups in total. The van der Waals surface area contributed by atoms with E-state index in [4.69, 9.17) is 27.9 Å². The van der Waals surface area contributed by atoms with Crippen molar-refractivity contribution in [3.05, 3.63) is 44.2 Å². The highest BCUT2D eigenvalue weighted by Gasteiger charge is 2.34. The van der Waals surface area contributed by atoms with Crippen LogP contribution in [0, 0.1) is 0 Å². The minimum absolute atomic E-state index is 0.297. The van der Waals surface area contributed by atoms with Gasteiger partial charge in [0.1, 0.15) is 16.1 Å². The Morgan fingerprint density at radius 2 is 1.68 bits per heavy atom. The largest absolute Gasteiger partial charge is 0.558 e. The third-order valence-corrected chi connectivity index (χ3v) is 6.26. The number of urea groups is 1. The molecule has 0 fully saturated rings. The average Bonchev–Trinajstić information content (AvgIpc) is 2.82. The van der Waals surface area contributed by atoms with Crippen molar-refractivity contribution in [2.75, 3.05) is 10.6 Å². The van der Waals surface area contributed by atoms with Crippen LogP contribution in [0.15, 0.2) is 34.1 Å². The molecule has 1 heterocycles. The molecule has 0 radical (unpaired) electrons. The van der Waals surface area contributed by atoms with Crippen LogP contribution in [-0.4, -0.2) is 16.9 Å². The summed E-state index contributed by atoms with van der Waals surface area (Å²) >= 11 is 15.4. The molecule has 1 atom stereocenters. The first-order chi connectivity index (χ1) is 11.6. The van der Waals surface area contributed by atoms with E-state index in [9.17, 15) is 9.59 Å². The molecule has 0 saturated carbocycles. The van der Waals surface area contributed by atoms with Gasteiger partial charge in [0, 0.05) is 28.1 Å². The number of thiophene rings is 1. The Kier molecular flexibility index (Phi) is 6.37. The minimum Gasteiger partial charge on any atom is -0.416 e. The first-order valence-electron chi connectivity index (χ1n) is 7.15. The van der Waals surface area contributed by atoms with E-state index in [1.165, 1.54) is 0 Å². The van der Waals surface area contributed by atoms with Gasteiger partial charge in [0.05, 0.1) is 15.7 Å². The lowest BCUT2D eigenvalue weighted by Crippen LogP contribution is -2.23. The number of hydrogen-bond donors (Lipinski definition) is 2. The van der Waals surface area contributed by atoms with Crippen molar-refractivity contribution >= 4 is 71.6 Å². The van der Waals surface area contributed by atoms with Gasteiger partial charge in [-0.3, -0.25) is 5.32 Å². The second kappa shape index (κ2) is 7.95. The number of carbonyl (C=O) groups excluding carboxylic acids is 2. The molecule has 5 nitrogen and oxygen atoms in total. The van der Waals surface area contributed by atoms with Crippen LogP contribution in [0.25, 0.3) is 0 Å². The number of nitrogens with one attached hydrogen (secondary N) is 2. The van der Waals surface area contributed by atoms with E-state index in [1.807, 2.05) is 0 Å². The maximum absolute atomic E-state index is 12.4. The number of ether oxygens (including phenoxy) is 1. The number of benzene rings is 1. The summed E-state index contributed by atoms with van der Waals surface area (Å²) in [4.78, 5) is 24.7. The van der Waals surface area contributed by atoms with Crippen LogP contribution in [0.5, 0.6) is 0 Å². The Morgan fingerprint density at radius 1 is 1.08 bits per heavy atom. The molecule has 0 aliphatic rings. The van der Waals surface area contributed by atoms with E-state index < -0.39 is 27.4 Å². The van der Waals surface area contributed by atoms with Crippen LogP contribution in [0.2, 0.25) is 10.0 Å². The van der Waals surface area contributed by atoms with Crippen LogP contribution in [0.3, 0.4) is 0 Å². The molecule has 1 aromatic heterocycles. The summed E-state index contributed by atoms with van der Waals surface area (Å²) in [7, 11) is -1.05. The maximum atomic E-state index is 12.4. The van der Waals surface area contributed by atoms with E-state index in [2.05, 4.69) is 26.6 Å². The average molecular weight is 467 g/mol. The molecule has 2 aromatic rings. The fraction of sp³-hybridized carbons (Fsp3) is 0.250. The van der Waals surface area contributed by atoms with Gasteiger partial charge in [-0.25, -0.2) is 4.79 Å². The summed E-state index contributed by atoms with van der Waals surface area (Å²) in [5, 5.41) is 5.85. The lowest BCUT2D eigenvalue weighted by Gasteiger charge is -2.16. The second-order valence-corrected chi connectivity index (χ2v) is 9.97.